The fourth-order valence-electron chi connectivity index (χ4n) is 3.91. The number of nitrogens with zero attached hydrogens (tertiary/aromatic N) is 5. The normalized spacial score (nSPS) is 12.1. The molecule has 7 heteroatoms. The average Bonchev–Trinajstić information content (AvgIpc) is 3.53. The highest BCUT2D eigenvalue weighted by molar-refractivity contribution is 5.77. The van der Waals surface area contributed by atoms with Crippen LogP contribution in [0.25, 0.3) is 34.1 Å². The number of hydrogen-bond donors (Lipinski definition) is 1. The Hall–Kier alpha value is -4.10. The van der Waals surface area contributed by atoms with Gasteiger partial charge in [-0.05, 0) is 37.2 Å². The Bertz CT molecular complexity index is 1330. The van der Waals surface area contributed by atoms with Crippen molar-refractivity contribution in [3.63, 3.8) is 0 Å². The van der Waals surface area contributed by atoms with E-state index in [9.17, 15) is 0 Å². The molecule has 0 saturated carbocycles. The van der Waals surface area contributed by atoms with E-state index in [1.165, 1.54) is 5.56 Å². The number of rotatable bonds is 7. The smallest absolute Gasteiger partial charge is 0.262 e. The van der Waals surface area contributed by atoms with Gasteiger partial charge in [0, 0.05) is 30.1 Å². The molecule has 33 heavy (non-hydrogen) atoms. The molecule has 164 valence electrons. The molecule has 7 nitrogen and oxygen atoms in total. The minimum Gasteiger partial charge on any atom is -0.333 e. The van der Waals surface area contributed by atoms with Gasteiger partial charge in [-0.1, -0.05) is 59.8 Å². The maximum Gasteiger partial charge on any atom is 0.262 e. The van der Waals surface area contributed by atoms with E-state index in [1.807, 2.05) is 54.2 Å². The lowest BCUT2D eigenvalue weighted by Crippen LogP contribution is -2.10. The summed E-state index contributed by atoms with van der Waals surface area (Å²) in [5, 5.41) is 12.1. The Balaban J connectivity index is 1.56. The van der Waals surface area contributed by atoms with Crippen LogP contribution in [0.4, 0.5) is 0 Å². The van der Waals surface area contributed by atoms with Crippen molar-refractivity contribution in [3.05, 3.63) is 96.4 Å². The van der Waals surface area contributed by atoms with Crippen molar-refractivity contribution in [2.75, 3.05) is 7.05 Å². The molecule has 1 atom stereocenters. The van der Waals surface area contributed by atoms with Crippen molar-refractivity contribution in [3.8, 4) is 34.1 Å². The molecule has 0 radical (unpaired) electrons. The first-order valence-corrected chi connectivity index (χ1v) is 10.9. The van der Waals surface area contributed by atoms with E-state index < -0.39 is 0 Å². The second-order valence-electron chi connectivity index (χ2n) is 7.82. The summed E-state index contributed by atoms with van der Waals surface area (Å²) in [6, 6.07) is 22.4. The van der Waals surface area contributed by atoms with Crippen LogP contribution in [0.15, 0.2) is 89.8 Å². The van der Waals surface area contributed by atoms with Crippen LogP contribution in [0.3, 0.4) is 0 Å². The first kappa shape index (κ1) is 20.8. The number of hydrogen-bond acceptors (Lipinski definition) is 6. The second-order valence-corrected chi connectivity index (χ2v) is 7.82. The zero-order chi connectivity index (χ0) is 22.6. The highest BCUT2D eigenvalue weighted by atomic mass is 16.5. The summed E-state index contributed by atoms with van der Waals surface area (Å²) in [5.74, 6) is 0.980. The van der Waals surface area contributed by atoms with Gasteiger partial charge in [0.1, 0.15) is 0 Å². The number of pyridine rings is 1. The van der Waals surface area contributed by atoms with Gasteiger partial charge in [0.2, 0.25) is 5.82 Å². The van der Waals surface area contributed by atoms with Gasteiger partial charge in [0.15, 0.2) is 0 Å². The summed E-state index contributed by atoms with van der Waals surface area (Å²) in [5.41, 5.74) is 5.94. The molecular weight excluding hydrogens is 412 g/mol. The lowest BCUT2D eigenvalue weighted by Gasteiger charge is -2.17. The first-order chi connectivity index (χ1) is 16.2. The molecule has 0 bridgehead atoms. The molecule has 3 heterocycles. The van der Waals surface area contributed by atoms with Crippen molar-refractivity contribution in [1.82, 2.24) is 30.2 Å². The Labute approximate surface area is 192 Å². The molecule has 0 saturated heterocycles. The number of benzene rings is 2. The first-order valence-electron chi connectivity index (χ1n) is 10.9. The maximum absolute atomic E-state index is 5.70. The third-order valence-corrected chi connectivity index (χ3v) is 5.65. The van der Waals surface area contributed by atoms with Crippen molar-refractivity contribution >= 4 is 0 Å². The summed E-state index contributed by atoms with van der Waals surface area (Å²) in [6.07, 6.45) is 5.34. The molecule has 2 aromatic carbocycles. The zero-order valence-electron chi connectivity index (χ0n) is 18.5. The standard InChI is InChI=1S/C26H24N6O/c1-18(20-6-4-3-5-7-20)32-24(21-12-14-28-15-13-21)23(17-29-32)26-30-25(31-33-26)22-10-8-19(9-11-22)16-27-2/h3-15,17-18,27H,16H2,1-2H3. The SMILES string of the molecule is CNCc1ccc(-c2noc(-c3cnn(C(C)c4ccccc4)c3-c3ccncc3)n2)cc1. The second kappa shape index (κ2) is 9.18. The number of nitrogens with one attached hydrogen (secondary N) is 1. The van der Waals surface area contributed by atoms with E-state index in [2.05, 4.69) is 46.6 Å². The van der Waals surface area contributed by atoms with Gasteiger partial charge in [-0.3, -0.25) is 9.67 Å². The molecule has 0 fully saturated rings. The minimum atomic E-state index is 0.0187. The van der Waals surface area contributed by atoms with Gasteiger partial charge in [0.05, 0.1) is 23.5 Å². The topological polar surface area (TPSA) is 81.7 Å². The Morgan fingerprint density at radius 2 is 1.70 bits per heavy atom. The predicted octanol–water partition coefficient (Wildman–Crippen LogP) is 4.99. The van der Waals surface area contributed by atoms with E-state index in [4.69, 9.17) is 14.6 Å². The monoisotopic (exact) mass is 436 g/mol. The van der Waals surface area contributed by atoms with E-state index in [1.54, 1.807) is 18.6 Å². The van der Waals surface area contributed by atoms with E-state index in [0.29, 0.717) is 11.7 Å². The summed E-state index contributed by atoms with van der Waals surface area (Å²) < 4.78 is 7.70. The quantitative estimate of drug-likeness (QED) is 0.387. The zero-order valence-corrected chi connectivity index (χ0v) is 18.5. The molecule has 1 unspecified atom stereocenters. The number of aromatic nitrogens is 5. The molecule has 0 aliphatic carbocycles. The van der Waals surface area contributed by atoms with Crippen LogP contribution in [0.2, 0.25) is 0 Å². The van der Waals surface area contributed by atoms with Crippen LogP contribution in [0.1, 0.15) is 24.1 Å². The molecule has 0 aliphatic heterocycles. The van der Waals surface area contributed by atoms with Crippen molar-refractivity contribution in [2.24, 2.45) is 0 Å². The van der Waals surface area contributed by atoms with Gasteiger partial charge in [-0.2, -0.15) is 10.1 Å². The van der Waals surface area contributed by atoms with Gasteiger partial charge >= 0.3 is 0 Å². The molecule has 5 rings (SSSR count). The van der Waals surface area contributed by atoms with Gasteiger partial charge < -0.3 is 9.84 Å². The van der Waals surface area contributed by atoms with Gasteiger partial charge in [0.25, 0.3) is 5.89 Å². The van der Waals surface area contributed by atoms with Crippen LogP contribution in [-0.2, 0) is 6.54 Å². The third kappa shape index (κ3) is 4.18. The fraction of sp³-hybridized carbons (Fsp3) is 0.154. The highest BCUT2D eigenvalue weighted by Gasteiger charge is 2.23. The summed E-state index contributed by atoms with van der Waals surface area (Å²) in [6.45, 7) is 2.94. The van der Waals surface area contributed by atoms with Crippen LogP contribution in [0, 0.1) is 0 Å². The molecule has 3 aromatic heterocycles. The Morgan fingerprint density at radius 1 is 0.939 bits per heavy atom. The van der Waals surface area contributed by atoms with Crippen molar-refractivity contribution in [1.29, 1.82) is 0 Å². The highest BCUT2D eigenvalue weighted by Crippen LogP contribution is 2.35. The Morgan fingerprint density at radius 3 is 2.42 bits per heavy atom. The van der Waals surface area contributed by atoms with E-state index in [0.717, 1.165) is 34.5 Å². The molecule has 0 aliphatic rings. The van der Waals surface area contributed by atoms with Crippen molar-refractivity contribution in [2.45, 2.75) is 19.5 Å². The Kier molecular flexibility index (Phi) is 5.78. The summed E-state index contributed by atoms with van der Waals surface area (Å²) >= 11 is 0. The van der Waals surface area contributed by atoms with Crippen LogP contribution in [-0.4, -0.2) is 32.0 Å². The fourth-order valence-corrected chi connectivity index (χ4v) is 3.91. The summed E-state index contributed by atoms with van der Waals surface area (Å²) in [4.78, 5) is 8.86. The lowest BCUT2D eigenvalue weighted by atomic mass is 10.1. The molecule has 5 aromatic rings. The lowest BCUT2D eigenvalue weighted by molar-refractivity contribution is 0.432. The van der Waals surface area contributed by atoms with Gasteiger partial charge in [-0.15, -0.1) is 0 Å². The summed E-state index contributed by atoms with van der Waals surface area (Å²) in [7, 11) is 1.93. The third-order valence-electron chi connectivity index (χ3n) is 5.65. The molecule has 1 N–H and O–H groups in total. The van der Waals surface area contributed by atoms with Crippen molar-refractivity contribution < 1.29 is 4.52 Å². The van der Waals surface area contributed by atoms with Crippen LogP contribution in [0.5, 0.6) is 0 Å². The maximum atomic E-state index is 5.70. The minimum absolute atomic E-state index is 0.0187. The van der Waals surface area contributed by atoms with Gasteiger partial charge in [-0.25, -0.2) is 0 Å². The van der Waals surface area contributed by atoms with E-state index in [-0.39, 0.29) is 6.04 Å². The molecular formula is C26H24N6O. The molecule has 0 spiro atoms. The predicted molar refractivity (Wildman–Crippen MR) is 127 cm³/mol. The largest absolute Gasteiger partial charge is 0.333 e. The van der Waals surface area contributed by atoms with Crippen LogP contribution >= 0.6 is 0 Å². The van der Waals surface area contributed by atoms with E-state index >= 15 is 0 Å². The molecule has 0 amide bonds. The average molecular weight is 437 g/mol. The van der Waals surface area contributed by atoms with Crippen LogP contribution < -0.4 is 5.32 Å².